The summed E-state index contributed by atoms with van der Waals surface area (Å²) in [7, 11) is 0. The van der Waals surface area contributed by atoms with E-state index >= 15 is 4.39 Å². The van der Waals surface area contributed by atoms with Gasteiger partial charge >= 0.3 is 6.09 Å². The van der Waals surface area contributed by atoms with Gasteiger partial charge in [0.2, 0.25) is 0 Å². The standard InChI is InChI=1S/C19H24BrFN2O2/c1-18(2,3)25-17(24)23-10-5-9-19(21,13-23)12-22-11-8-14-15(20)6-4-7-16(14)22/h4,6-8,11H,5,9-10,12-13H2,1-3H3/t19-/m1/s1. The first-order valence-electron chi connectivity index (χ1n) is 8.57. The molecule has 1 saturated heterocycles. The number of ether oxygens (including phenoxy) is 1. The smallest absolute Gasteiger partial charge is 0.410 e. The van der Waals surface area contributed by atoms with Gasteiger partial charge in [0.25, 0.3) is 0 Å². The third-order valence-electron chi connectivity index (χ3n) is 4.39. The number of piperidine rings is 1. The Bertz CT molecular complexity index is 783. The van der Waals surface area contributed by atoms with Crippen molar-refractivity contribution in [1.29, 1.82) is 0 Å². The molecule has 1 aliphatic rings. The van der Waals surface area contributed by atoms with Crippen molar-refractivity contribution < 1.29 is 13.9 Å². The fourth-order valence-electron chi connectivity index (χ4n) is 3.33. The molecule has 2 aromatic rings. The predicted octanol–water partition coefficient (Wildman–Crippen LogP) is 5.14. The largest absolute Gasteiger partial charge is 0.444 e. The molecule has 0 spiro atoms. The molecule has 0 radical (unpaired) electrons. The Balaban J connectivity index is 1.76. The molecule has 136 valence electrons. The molecule has 25 heavy (non-hydrogen) atoms. The number of halogens is 2. The minimum absolute atomic E-state index is 0.0651. The first-order valence-corrected chi connectivity index (χ1v) is 9.36. The quantitative estimate of drug-likeness (QED) is 0.686. The second-order valence-electron chi connectivity index (χ2n) is 7.77. The van der Waals surface area contributed by atoms with Crippen LogP contribution in [-0.2, 0) is 11.3 Å². The highest BCUT2D eigenvalue weighted by Gasteiger charge is 2.39. The molecule has 1 aliphatic heterocycles. The van der Waals surface area contributed by atoms with Crippen molar-refractivity contribution >= 4 is 32.9 Å². The van der Waals surface area contributed by atoms with E-state index in [1.807, 2.05) is 55.8 Å². The highest BCUT2D eigenvalue weighted by atomic mass is 79.9. The number of alkyl halides is 1. The summed E-state index contributed by atoms with van der Waals surface area (Å²) in [6.07, 6.45) is 2.55. The average Bonchev–Trinajstić information content (AvgIpc) is 2.89. The monoisotopic (exact) mass is 410 g/mol. The van der Waals surface area contributed by atoms with E-state index in [9.17, 15) is 4.79 Å². The van der Waals surface area contributed by atoms with Crippen molar-refractivity contribution in [2.24, 2.45) is 0 Å². The topological polar surface area (TPSA) is 34.5 Å². The molecule has 1 fully saturated rings. The molecule has 0 N–H and O–H groups in total. The minimum Gasteiger partial charge on any atom is -0.444 e. The van der Waals surface area contributed by atoms with Crippen molar-refractivity contribution in [3.63, 3.8) is 0 Å². The van der Waals surface area contributed by atoms with Crippen LogP contribution in [-0.4, -0.2) is 39.9 Å². The number of likely N-dealkylation sites (tertiary alicyclic amines) is 1. The number of hydrogen-bond acceptors (Lipinski definition) is 2. The molecule has 1 aromatic carbocycles. The molecule has 4 nitrogen and oxygen atoms in total. The summed E-state index contributed by atoms with van der Waals surface area (Å²) < 4.78 is 23.8. The number of aromatic nitrogens is 1. The van der Waals surface area contributed by atoms with Gasteiger partial charge in [-0.25, -0.2) is 9.18 Å². The summed E-state index contributed by atoms with van der Waals surface area (Å²) in [5, 5.41) is 1.06. The van der Waals surface area contributed by atoms with E-state index in [0.717, 1.165) is 15.4 Å². The second-order valence-corrected chi connectivity index (χ2v) is 8.63. The van der Waals surface area contributed by atoms with Crippen LogP contribution in [0.3, 0.4) is 0 Å². The van der Waals surface area contributed by atoms with Gasteiger partial charge in [-0.15, -0.1) is 0 Å². The molecule has 0 bridgehead atoms. The molecule has 1 atom stereocenters. The molecule has 1 aromatic heterocycles. The number of fused-ring (bicyclic) bond motifs is 1. The van der Waals surface area contributed by atoms with E-state index in [4.69, 9.17) is 4.74 Å². The summed E-state index contributed by atoms with van der Waals surface area (Å²) in [6, 6.07) is 7.89. The molecule has 0 unspecified atom stereocenters. The van der Waals surface area contributed by atoms with E-state index in [0.29, 0.717) is 19.4 Å². The Morgan fingerprint density at radius 3 is 2.84 bits per heavy atom. The van der Waals surface area contributed by atoms with Crippen LogP contribution in [0.25, 0.3) is 10.9 Å². The van der Waals surface area contributed by atoms with E-state index in [1.165, 1.54) is 4.90 Å². The van der Waals surface area contributed by atoms with Crippen molar-refractivity contribution in [3.8, 4) is 0 Å². The van der Waals surface area contributed by atoms with Crippen LogP contribution in [0, 0.1) is 0 Å². The third-order valence-corrected chi connectivity index (χ3v) is 5.08. The fourth-order valence-corrected chi connectivity index (χ4v) is 3.82. The molecule has 2 heterocycles. The molecule has 3 rings (SSSR count). The lowest BCUT2D eigenvalue weighted by molar-refractivity contribution is -0.00967. The molecular formula is C19H24BrFN2O2. The molecular weight excluding hydrogens is 387 g/mol. The Morgan fingerprint density at radius 1 is 1.36 bits per heavy atom. The summed E-state index contributed by atoms with van der Waals surface area (Å²) in [5.74, 6) is 0. The van der Waals surface area contributed by atoms with Gasteiger partial charge in [-0.2, -0.15) is 0 Å². The first kappa shape index (κ1) is 18.2. The van der Waals surface area contributed by atoms with Gasteiger partial charge in [0.05, 0.1) is 13.1 Å². The second kappa shape index (κ2) is 6.63. The van der Waals surface area contributed by atoms with Gasteiger partial charge in [-0.1, -0.05) is 22.0 Å². The summed E-state index contributed by atoms with van der Waals surface area (Å²) >= 11 is 3.53. The van der Waals surface area contributed by atoms with Crippen molar-refractivity contribution in [3.05, 3.63) is 34.9 Å². The maximum Gasteiger partial charge on any atom is 0.410 e. The molecule has 0 saturated carbocycles. The van der Waals surface area contributed by atoms with Crippen LogP contribution in [0.1, 0.15) is 33.6 Å². The van der Waals surface area contributed by atoms with E-state index in [-0.39, 0.29) is 13.1 Å². The zero-order valence-electron chi connectivity index (χ0n) is 14.9. The highest BCUT2D eigenvalue weighted by molar-refractivity contribution is 9.10. The predicted molar refractivity (Wildman–Crippen MR) is 101 cm³/mol. The molecule has 1 amide bonds. The lowest BCUT2D eigenvalue weighted by Gasteiger charge is -2.38. The van der Waals surface area contributed by atoms with Crippen LogP contribution >= 0.6 is 15.9 Å². The lowest BCUT2D eigenvalue weighted by Crippen LogP contribution is -2.51. The number of rotatable bonds is 2. The Labute approximate surface area is 156 Å². The van der Waals surface area contributed by atoms with Gasteiger partial charge in [0.15, 0.2) is 0 Å². The minimum atomic E-state index is -1.45. The average molecular weight is 411 g/mol. The Morgan fingerprint density at radius 2 is 2.12 bits per heavy atom. The maximum absolute atomic E-state index is 15.5. The van der Waals surface area contributed by atoms with E-state index < -0.39 is 17.4 Å². The van der Waals surface area contributed by atoms with Crippen molar-refractivity contribution in [2.75, 3.05) is 13.1 Å². The fraction of sp³-hybridized carbons (Fsp3) is 0.526. The number of hydrogen-bond donors (Lipinski definition) is 0. The van der Waals surface area contributed by atoms with E-state index in [1.54, 1.807) is 0 Å². The zero-order chi connectivity index (χ0) is 18.2. The number of amides is 1. The number of benzene rings is 1. The van der Waals surface area contributed by atoms with E-state index in [2.05, 4.69) is 15.9 Å². The zero-order valence-corrected chi connectivity index (χ0v) is 16.5. The van der Waals surface area contributed by atoms with Gasteiger partial charge in [-0.3, -0.25) is 0 Å². The number of carbonyl (C=O) groups excluding carboxylic acids is 1. The summed E-state index contributed by atoms with van der Waals surface area (Å²) in [4.78, 5) is 13.8. The first-order chi connectivity index (χ1) is 11.7. The molecule has 6 heteroatoms. The Kier molecular flexibility index (Phi) is 4.84. The highest BCUT2D eigenvalue weighted by Crippen LogP contribution is 2.31. The van der Waals surface area contributed by atoms with Gasteiger partial charge in [-0.05, 0) is 51.8 Å². The molecule has 0 aliphatic carbocycles. The van der Waals surface area contributed by atoms with Crippen LogP contribution in [0.15, 0.2) is 34.9 Å². The van der Waals surface area contributed by atoms with Crippen LogP contribution in [0.2, 0.25) is 0 Å². The normalized spacial score (nSPS) is 21.6. The van der Waals surface area contributed by atoms with Crippen LogP contribution in [0.4, 0.5) is 9.18 Å². The number of nitrogens with zero attached hydrogens (tertiary/aromatic N) is 2. The van der Waals surface area contributed by atoms with Crippen LogP contribution < -0.4 is 0 Å². The Hall–Kier alpha value is -1.56. The van der Waals surface area contributed by atoms with Crippen molar-refractivity contribution in [2.45, 2.75) is 51.4 Å². The summed E-state index contributed by atoms with van der Waals surface area (Å²) in [5.41, 5.74) is -1.04. The van der Waals surface area contributed by atoms with Gasteiger partial charge < -0.3 is 14.2 Å². The third kappa shape index (κ3) is 4.17. The maximum atomic E-state index is 15.5. The van der Waals surface area contributed by atoms with Crippen LogP contribution in [0.5, 0.6) is 0 Å². The van der Waals surface area contributed by atoms with Gasteiger partial charge in [0.1, 0.15) is 11.3 Å². The number of carbonyl (C=O) groups is 1. The van der Waals surface area contributed by atoms with Crippen molar-refractivity contribution in [1.82, 2.24) is 9.47 Å². The SMILES string of the molecule is CC(C)(C)OC(=O)N1CCC[C@@](F)(Cn2ccc3c(Br)cccc32)C1. The van der Waals surface area contributed by atoms with Gasteiger partial charge in [0, 0.05) is 28.1 Å². The lowest BCUT2D eigenvalue weighted by atomic mass is 9.94. The summed E-state index contributed by atoms with van der Waals surface area (Å²) in [6.45, 7) is 6.30.